The number of hydrogen-bond acceptors (Lipinski definition) is 9. The van der Waals surface area contributed by atoms with E-state index >= 15 is 0 Å². The number of ether oxygens (including phenoxy) is 1. The van der Waals surface area contributed by atoms with Crippen LogP contribution in [0.3, 0.4) is 0 Å². The Labute approximate surface area is 318 Å². The number of likely N-dealkylation sites (N-methyl/N-ethyl adjacent to an activating group) is 1. The molecule has 11 heteroatoms. The van der Waals surface area contributed by atoms with Gasteiger partial charge in [-0.1, -0.05) is 62.8 Å². The SMILES string of the molecule is CC=C1/C(=C\C/C2=C(\C(=O)OC)c3[nH]c4ccccc4c3CCCC[C@@H]2CC(O)(CC)CN)[C@]23CCN4CC=C[C@](CC)(C42)[C@@H](O)[C@](O)(C(N)=O)C3N1C. The topological polar surface area (TPSA) is 178 Å². The molecule has 1 aromatic carbocycles. The highest BCUT2D eigenvalue weighted by atomic mass is 16.5. The minimum absolute atomic E-state index is 0.0933. The molecule has 1 amide bonds. The molecule has 3 unspecified atom stereocenters. The number of hydrogen-bond donors (Lipinski definition) is 6. The number of nitrogens with one attached hydrogen (secondary N) is 1. The molecule has 0 bridgehead atoms. The Morgan fingerprint density at radius 1 is 1.19 bits per heavy atom. The lowest BCUT2D eigenvalue weighted by molar-refractivity contribution is -0.220. The van der Waals surface area contributed by atoms with Crippen molar-refractivity contribution < 1.29 is 29.6 Å². The summed E-state index contributed by atoms with van der Waals surface area (Å²) in [7, 11) is 3.29. The van der Waals surface area contributed by atoms with Gasteiger partial charge in [0.2, 0.25) is 0 Å². The maximum absolute atomic E-state index is 14.3. The maximum Gasteiger partial charge on any atom is 0.339 e. The molecule has 3 aliphatic heterocycles. The van der Waals surface area contributed by atoms with E-state index in [1.165, 1.54) is 7.11 Å². The molecule has 292 valence electrons. The molecule has 1 saturated carbocycles. The van der Waals surface area contributed by atoms with Crippen molar-refractivity contribution in [3.63, 3.8) is 0 Å². The number of rotatable bonds is 9. The zero-order chi connectivity index (χ0) is 38.8. The van der Waals surface area contributed by atoms with Gasteiger partial charge in [0, 0.05) is 53.6 Å². The molecular formula is C43H59N5O6. The van der Waals surface area contributed by atoms with Gasteiger partial charge < -0.3 is 41.4 Å². The first-order chi connectivity index (χ1) is 25.8. The van der Waals surface area contributed by atoms with Gasteiger partial charge in [0.05, 0.1) is 30.0 Å². The summed E-state index contributed by atoms with van der Waals surface area (Å²) in [5.74, 6) is -1.59. The molecule has 2 aromatic rings. The zero-order valence-electron chi connectivity index (χ0n) is 32.5. The lowest BCUT2D eigenvalue weighted by Gasteiger charge is -2.63. The van der Waals surface area contributed by atoms with Crippen molar-refractivity contribution >= 4 is 28.4 Å². The quantitative estimate of drug-likeness (QED) is 0.163. The Morgan fingerprint density at radius 3 is 2.61 bits per heavy atom. The largest absolute Gasteiger partial charge is 0.465 e. The molecule has 5 aliphatic rings. The number of H-pyrrole nitrogens is 1. The molecule has 1 spiro atoms. The molecule has 7 rings (SSSR count). The van der Waals surface area contributed by atoms with E-state index in [1.807, 2.05) is 69.1 Å². The summed E-state index contributed by atoms with van der Waals surface area (Å²) < 4.78 is 5.60. The van der Waals surface area contributed by atoms with E-state index in [0.717, 1.165) is 64.7 Å². The highest BCUT2D eigenvalue weighted by Crippen LogP contribution is 2.68. The van der Waals surface area contributed by atoms with Crippen LogP contribution in [-0.4, -0.2) is 105 Å². The number of primary amides is 1. The Bertz CT molecular complexity index is 1940. The second-order valence-electron chi connectivity index (χ2n) is 16.5. The fourth-order valence-corrected chi connectivity index (χ4v) is 11.8. The number of methoxy groups -OCH3 is 1. The minimum atomic E-state index is -2.25. The van der Waals surface area contributed by atoms with Crippen molar-refractivity contribution in [3.8, 4) is 0 Å². The molecule has 2 saturated heterocycles. The first-order valence-corrected chi connectivity index (χ1v) is 19.9. The molecule has 0 radical (unpaired) electrons. The fraction of sp³-hybridized carbons (Fsp3) is 0.581. The van der Waals surface area contributed by atoms with E-state index in [2.05, 4.69) is 22.0 Å². The lowest BCUT2D eigenvalue weighted by atomic mass is 9.47. The monoisotopic (exact) mass is 741 g/mol. The van der Waals surface area contributed by atoms with Crippen LogP contribution in [0.4, 0.5) is 0 Å². The Balaban J connectivity index is 1.50. The lowest BCUT2D eigenvalue weighted by Crippen LogP contribution is -2.79. The molecular weight excluding hydrogens is 683 g/mol. The van der Waals surface area contributed by atoms with Gasteiger partial charge in [-0.3, -0.25) is 9.69 Å². The number of para-hydroxylation sites is 1. The van der Waals surface area contributed by atoms with Crippen LogP contribution in [0, 0.1) is 16.7 Å². The first kappa shape index (κ1) is 38.5. The molecule has 8 N–H and O–H groups in total. The van der Waals surface area contributed by atoms with Gasteiger partial charge >= 0.3 is 5.97 Å². The van der Waals surface area contributed by atoms with Crippen LogP contribution in [0.25, 0.3) is 16.5 Å². The number of amides is 1. The van der Waals surface area contributed by atoms with E-state index < -0.39 is 46.1 Å². The molecule has 4 heterocycles. The van der Waals surface area contributed by atoms with Crippen molar-refractivity contribution in [2.45, 2.75) is 108 Å². The predicted molar refractivity (Wildman–Crippen MR) is 210 cm³/mol. The van der Waals surface area contributed by atoms with Crippen LogP contribution < -0.4 is 11.5 Å². The highest BCUT2D eigenvalue weighted by molar-refractivity contribution is 6.18. The van der Waals surface area contributed by atoms with E-state index in [0.29, 0.717) is 50.8 Å². The van der Waals surface area contributed by atoms with Crippen LogP contribution in [0.2, 0.25) is 0 Å². The zero-order valence-corrected chi connectivity index (χ0v) is 32.5. The van der Waals surface area contributed by atoms with Gasteiger partial charge in [-0.25, -0.2) is 4.79 Å². The van der Waals surface area contributed by atoms with Crippen LogP contribution in [0.5, 0.6) is 0 Å². The smallest absolute Gasteiger partial charge is 0.339 e. The highest BCUT2D eigenvalue weighted by Gasteiger charge is 2.78. The normalized spacial score (nSPS) is 36.4. The van der Waals surface area contributed by atoms with Crippen LogP contribution >= 0.6 is 0 Å². The van der Waals surface area contributed by atoms with E-state index in [4.69, 9.17) is 16.2 Å². The van der Waals surface area contributed by atoms with Gasteiger partial charge in [0.25, 0.3) is 5.91 Å². The number of aliphatic hydroxyl groups is 3. The van der Waals surface area contributed by atoms with Crippen molar-refractivity contribution in [3.05, 3.63) is 76.7 Å². The first-order valence-electron chi connectivity index (χ1n) is 19.9. The van der Waals surface area contributed by atoms with Gasteiger partial charge in [-0.05, 0) is 93.5 Å². The van der Waals surface area contributed by atoms with Crippen molar-refractivity contribution in [1.29, 1.82) is 0 Å². The van der Waals surface area contributed by atoms with Crippen LogP contribution in [-0.2, 0) is 20.7 Å². The van der Waals surface area contributed by atoms with Gasteiger partial charge in [0.1, 0.15) is 6.10 Å². The summed E-state index contributed by atoms with van der Waals surface area (Å²) in [6, 6.07) is 7.07. The minimum Gasteiger partial charge on any atom is -0.465 e. The summed E-state index contributed by atoms with van der Waals surface area (Å²) in [6.07, 6.45) is 12.5. The Kier molecular flexibility index (Phi) is 10.0. The molecule has 3 fully saturated rings. The number of esters is 1. The number of likely N-dealkylation sites (tertiary alicyclic amines) is 1. The van der Waals surface area contributed by atoms with Crippen molar-refractivity contribution in [2.75, 3.05) is 33.8 Å². The number of carbonyl (C=O) groups excluding carboxylic acids is 2. The molecule has 11 nitrogen and oxygen atoms in total. The summed E-state index contributed by atoms with van der Waals surface area (Å²) >= 11 is 0. The summed E-state index contributed by atoms with van der Waals surface area (Å²) in [5, 5.41) is 37.7. The number of allylic oxidation sites excluding steroid dienone is 4. The average molecular weight is 742 g/mol. The number of aryl methyl sites for hydroxylation is 1. The number of benzene rings is 1. The van der Waals surface area contributed by atoms with Gasteiger partial charge in [-0.15, -0.1) is 0 Å². The molecule has 1 aromatic heterocycles. The number of nitrogens with zero attached hydrogens (tertiary/aromatic N) is 2. The number of aromatic nitrogens is 1. The van der Waals surface area contributed by atoms with Crippen molar-refractivity contribution in [1.82, 2.24) is 14.8 Å². The van der Waals surface area contributed by atoms with Crippen LogP contribution in [0.15, 0.2) is 65.4 Å². The third kappa shape index (κ3) is 5.33. The van der Waals surface area contributed by atoms with Gasteiger partial charge in [0.15, 0.2) is 5.60 Å². The summed E-state index contributed by atoms with van der Waals surface area (Å²) in [4.78, 5) is 35.8. The standard InChI is InChI=1S/C43H59N5O6/c1-6-32-30(42-21-23-48-22-13-20-41(8-3,36(42)48)38(50)43(53,39(45)51)37(42)47(32)4)19-18-27-26(24-40(52,7-2)25-44)14-9-10-16-29-28-15-11-12-17-31(28)46-34(29)33(27)35(49)54-5/h6,11-13,15,17,19-20,26,36-38,46,50,52-53H,7-10,14,16,18,21-25,44H2,1-5H3,(H2,45,51)/b30-19+,32-6?,33-27+/t26-,36?,37?,38-,40?,41-,42-,43+/m1/s1. The number of aromatic amines is 1. The van der Waals surface area contributed by atoms with E-state index in [1.54, 1.807) is 0 Å². The number of nitrogens with two attached hydrogens (primary N) is 2. The Hall–Kier alpha value is -3.74. The third-order valence-corrected chi connectivity index (χ3v) is 14.3. The summed E-state index contributed by atoms with van der Waals surface area (Å²) in [6.45, 7) is 7.41. The second kappa shape index (κ2) is 14.1. The summed E-state index contributed by atoms with van der Waals surface area (Å²) in [5.41, 5.74) is 13.2. The Morgan fingerprint density at radius 2 is 1.94 bits per heavy atom. The van der Waals surface area contributed by atoms with E-state index in [-0.39, 0.29) is 18.5 Å². The third-order valence-electron chi connectivity index (χ3n) is 14.3. The number of fused-ring (bicyclic) bond motifs is 3. The molecule has 54 heavy (non-hydrogen) atoms. The molecule has 8 atom stereocenters. The molecule has 2 aliphatic carbocycles. The number of aliphatic hydroxyl groups excluding tert-OH is 1. The second-order valence-corrected chi connectivity index (χ2v) is 16.5. The average Bonchev–Trinajstić information content (AvgIpc) is 3.83. The number of carbonyl (C=O) groups is 2. The van der Waals surface area contributed by atoms with Crippen LogP contribution in [0.1, 0.15) is 83.4 Å². The maximum atomic E-state index is 14.3. The predicted octanol–water partition coefficient (Wildman–Crippen LogP) is 4.08. The van der Waals surface area contributed by atoms with Gasteiger partial charge in [-0.2, -0.15) is 0 Å². The van der Waals surface area contributed by atoms with Crippen molar-refractivity contribution in [2.24, 2.45) is 28.2 Å². The fourth-order valence-electron chi connectivity index (χ4n) is 11.8. The van der Waals surface area contributed by atoms with E-state index in [9.17, 15) is 24.9 Å².